The molecule has 3 aliphatic rings. The van der Waals surface area contributed by atoms with Crippen molar-refractivity contribution in [3.63, 3.8) is 0 Å². The van der Waals surface area contributed by atoms with E-state index in [1.807, 2.05) is 0 Å². The summed E-state index contributed by atoms with van der Waals surface area (Å²) >= 11 is 0. The van der Waals surface area contributed by atoms with Crippen LogP contribution in [0.1, 0.15) is 55.7 Å². The second-order valence-corrected chi connectivity index (χ2v) is 9.11. The third-order valence-corrected chi connectivity index (χ3v) is 5.41. The van der Waals surface area contributed by atoms with Gasteiger partial charge in [0.25, 0.3) is 0 Å². The second kappa shape index (κ2) is 15.9. The van der Waals surface area contributed by atoms with Crippen LogP contribution in [0.3, 0.4) is 0 Å². The van der Waals surface area contributed by atoms with Crippen molar-refractivity contribution in [2.45, 2.75) is 58.2 Å². The van der Waals surface area contributed by atoms with Gasteiger partial charge in [0.05, 0.1) is 0 Å². The van der Waals surface area contributed by atoms with E-state index in [1.165, 1.54) is 57.5 Å². The van der Waals surface area contributed by atoms with E-state index < -0.39 is 0 Å². The van der Waals surface area contributed by atoms with Gasteiger partial charge >= 0.3 is 21.7 Å². The molecule has 0 atom stereocenters. The summed E-state index contributed by atoms with van der Waals surface area (Å²) in [5, 5.41) is 2.61. The van der Waals surface area contributed by atoms with Crippen LogP contribution in [-0.4, -0.2) is 15.6 Å². The fraction of sp³-hybridized carbons (Fsp3) is 0.333. The van der Waals surface area contributed by atoms with Gasteiger partial charge in [-0.3, -0.25) is 0 Å². The van der Waals surface area contributed by atoms with E-state index in [2.05, 4.69) is 86.8 Å². The smallest absolute Gasteiger partial charge is 1.00 e. The molecule has 0 bridgehead atoms. The molecule has 0 heterocycles. The summed E-state index contributed by atoms with van der Waals surface area (Å²) in [7, 11) is 0.750. The van der Waals surface area contributed by atoms with Crippen molar-refractivity contribution < 1.29 is 46.5 Å². The molecular weight excluding hydrogens is 485 g/mol. The van der Waals surface area contributed by atoms with Crippen LogP contribution in [0.25, 0.3) is 23.5 Å². The molecule has 0 spiro atoms. The molecule has 0 saturated heterocycles. The minimum Gasteiger partial charge on any atom is -1.00 e. The van der Waals surface area contributed by atoms with Crippen LogP contribution in [0.5, 0.6) is 0 Å². The Bertz CT molecular complexity index is 1010. The molecule has 0 aliphatic heterocycles. The van der Waals surface area contributed by atoms with E-state index in [-0.39, 0.29) is 52.6 Å². The molecule has 1 N–H and O–H groups in total. The first-order chi connectivity index (χ1) is 14.1. The maximum atomic E-state index is 7.27. The third-order valence-electron chi connectivity index (χ3n) is 5.41. The quantitative estimate of drug-likeness (QED) is 0.367. The number of hydrogen-bond acceptors (Lipinski definition) is 0. The van der Waals surface area contributed by atoms with Gasteiger partial charge in [0.2, 0.25) is 0 Å². The van der Waals surface area contributed by atoms with Crippen molar-refractivity contribution in [3.8, 4) is 0 Å². The first kappa shape index (κ1) is 31.1. The second-order valence-electron chi connectivity index (χ2n) is 7.96. The molecule has 2 aromatic rings. The fourth-order valence-electron chi connectivity index (χ4n) is 4.03. The van der Waals surface area contributed by atoms with Gasteiger partial charge < -0.3 is 30.5 Å². The van der Waals surface area contributed by atoms with Gasteiger partial charge in [-0.1, -0.05) is 118 Å². The van der Waals surface area contributed by atoms with Gasteiger partial charge in [0.15, 0.2) is 0 Å². The van der Waals surface area contributed by atoms with Crippen LogP contribution in [-0.2, 0) is 21.7 Å². The molecule has 3 aliphatic carbocycles. The molecular formula is C27H32Cl2NSiTi. The minimum absolute atomic E-state index is 0. The Kier molecular flexibility index (Phi) is 15.4. The molecule has 2 aromatic carbocycles. The first-order valence-electron chi connectivity index (χ1n) is 10.8. The number of nitrogens with one attached hydrogen (secondary N) is 1. The van der Waals surface area contributed by atoms with E-state index in [1.54, 1.807) is 0 Å². The van der Waals surface area contributed by atoms with Gasteiger partial charge in [-0.25, -0.2) is 0 Å². The molecule has 5 rings (SSSR count). The molecule has 167 valence electrons. The predicted octanol–water partition coefficient (Wildman–Crippen LogP) is -0.300. The maximum Gasteiger partial charge on any atom is 4.00 e. The van der Waals surface area contributed by atoms with E-state index in [0.29, 0.717) is 0 Å². The molecule has 0 unspecified atom stereocenters. The molecule has 1 radical (unpaired) electrons. The zero-order valence-corrected chi connectivity index (χ0v) is 23.4. The molecule has 0 aromatic heterocycles. The average molecular weight is 517 g/mol. The van der Waals surface area contributed by atoms with E-state index in [9.17, 15) is 0 Å². The average Bonchev–Trinajstić information content (AvgIpc) is 3.31. The van der Waals surface area contributed by atoms with E-state index in [0.717, 1.165) is 22.4 Å². The van der Waals surface area contributed by atoms with Gasteiger partial charge in [0, 0.05) is 9.52 Å². The summed E-state index contributed by atoms with van der Waals surface area (Å²) in [4.78, 5) is 0. The van der Waals surface area contributed by atoms with Crippen LogP contribution >= 0.6 is 0 Å². The Balaban J connectivity index is 0.000000633. The van der Waals surface area contributed by atoms with Crippen molar-refractivity contribution in [1.82, 2.24) is 0 Å². The number of rotatable bonds is 1. The summed E-state index contributed by atoms with van der Waals surface area (Å²) in [6.07, 6.45) is 16.2. The van der Waals surface area contributed by atoms with Crippen LogP contribution in [0.4, 0.5) is 0 Å². The third kappa shape index (κ3) is 8.17. The predicted molar refractivity (Wildman–Crippen MR) is 130 cm³/mol. The topological polar surface area (TPSA) is 23.8 Å². The molecule has 1 fully saturated rings. The van der Waals surface area contributed by atoms with Gasteiger partial charge in [-0.2, -0.15) is 5.56 Å². The normalized spacial score (nSPS) is 15.0. The Labute approximate surface area is 223 Å². The Hall–Kier alpha value is -0.869. The number of hydrogen-bond donors (Lipinski definition) is 0. The standard InChI is InChI=1S/C19H13.C6H12N.C2H7Si.2ClH.Ti/c1-13-10-17-11-15-8-5-9-16(15)12-18(17)19(13)14-6-3-2-4-7-14;7-6-4-2-1-3-5-6;1-3-2;;;/h2-9,11-12H,1H3;6-7H,1-5H2;3H,1-2H3;2*1H;/q2*-1;;;;+4/p-2. The maximum absolute atomic E-state index is 7.27. The minimum atomic E-state index is 0. The fourth-order valence-corrected chi connectivity index (χ4v) is 4.03. The first-order valence-corrected chi connectivity index (χ1v) is 13.1. The van der Waals surface area contributed by atoms with Crippen LogP contribution in [0, 0.1) is 6.08 Å². The molecule has 0 amide bonds. The summed E-state index contributed by atoms with van der Waals surface area (Å²) < 4.78 is 0. The van der Waals surface area contributed by atoms with Crippen molar-refractivity contribution in [2.24, 2.45) is 0 Å². The summed E-state index contributed by atoms with van der Waals surface area (Å²) in [5.41, 5.74) is 13.6. The zero-order valence-electron chi connectivity index (χ0n) is 19.2. The molecule has 32 heavy (non-hydrogen) atoms. The van der Waals surface area contributed by atoms with Gasteiger partial charge in [-0.15, -0.1) is 34.5 Å². The molecule has 1 nitrogen and oxygen atoms in total. The van der Waals surface area contributed by atoms with E-state index >= 15 is 0 Å². The monoisotopic (exact) mass is 516 g/mol. The van der Waals surface area contributed by atoms with Crippen LogP contribution < -0.4 is 35.3 Å². The van der Waals surface area contributed by atoms with Crippen molar-refractivity contribution in [2.75, 3.05) is 0 Å². The summed E-state index contributed by atoms with van der Waals surface area (Å²) in [6, 6.07) is 15.4. The SMILES string of the molecule is CC1=[C-]c2cc3c(cc2=C1c1ccccc1)C=CC=3.C[SiH]C.[Cl-].[Cl-].[NH-]C1CCCCC1.[Ti+4]. The summed E-state index contributed by atoms with van der Waals surface area (Å²) in [5.74, 6) is 0. The van der Waals surface area contributed by atoms with Crippen LogP contribution in [0.15, 0.2) is 54.1 Å². The molecule has 5 heteroatoms. The van der Waals surface area contributed by atoms with Gasteiger partial charge in [0.1, 0.15) is 0 Å². The van der Waals surface area contributed by atoms with Crippen molar-refractivity contribution in [1.29, 1.82) is 0 Å². The van der Waals surface area contributed by atoms with Crippen LogP contribution in [0.2, 0.25) is 13.1 Å². The Morgan fingerprint density at radius 1 is 0.969 bits per heavy atom. The number of fused-ring (bicyclic) bond motifs is 2. The zero-order chi connectivity index (χ0) is 20.6. The Morgan fingerprint density at radius 2 is 1.59 bits per heavy atom. The van der Waals surface area contributed by atoms with E-state index in [4.69, 9.17) is 5.73 Å². The number of halogens is 2. The van der Waals surface area contributed by atoms with Crippen molar-refractivity contribution >= 4 is 27.2 Å². The number of allylic oxidation sites excluding steroid dienone is 2. The largest absolute Gasteiger partial charge is 4.00 e. The molecule has 1 saturated carbocycles. The summed E-state index contributed by atoms with van der Waals surface area (Å²) in [6.45, 7) is 6.56. The number of benzene rings is 2. The van der Waals surface area contributed by atoms with Crippen molar-refractivity contribution in [3.05, 3.63) is 93.1 Å². The van der Waals surface area contributed by atoms with Gasteiger partial charge in [-0.05, 0) is 5.56 Å². The Morgan fingerprint density at radius 3 is 2.16 bits per heavy atom.